The fourth-order valence-corrected chi connectivity index (χ4v) is 2.71. The lowest BCUT2D eigenvalue weighted by atomic mass is 10.2. The first kappa shape index (κ1) is 16.7. The van der Waals surface area contributed by atoms with E-state index < -0.39 is 0 Å². The average molecular weight is 355 g/mol. The summed E-state index contributed by atoms with van der Waals surface area (Å²) in [6, 6.07) is 18.9. The molecule has 1 amide bonds. The molecular formula is C21H17N5O. The number of hydrogen-bond donors (Lipinski definition) is 1. The number of nitrogens with one attached hydrogen (secondary N) is 1. The predicted molar refractivity (Wildman–Crippen MR) is 104 cm³/mol. The summed E-state index contributed by atoms with van der Waals surface area (Å²) in [5, 5.41) is 7.32. The highest BCUT2D eigenvalue weighted by Gasteiger charge is 2.17. The molecule has 4 rings (SSSR count). The van der Waals surface area contributed by atoms with E-state index in [2.05, 4.69) is 20.4 Å². The maximum atomic E-state index is 12.7. The van der Waals surface area contributed by atoms with E-state index in [9.17, 15) is 4.79 Å². The van der Waals surface area contributed by atoms with Crippen LogP contribution in [0.3, 0.4) is 0 Å². The van der Waals surface area contributed by atoms with Crippen LogP contribution in [0.5, 0.6) is 0 Å². The van der Waals surface area contributed by atoms with Crippen molar-refractivity contribution in [1.82, 2.24) is 19.7 Å². The van der Waals surface area contributed by atoms with Gasteiger partial charge in [0.05, 0.1) is 11.4 Å². The van der Waals surface area contributed by atoms with Crippen molar-refractivity contribution in [3.05, 3.63) is 90.5 Å². The highest BCUT2D eigenvalue weighted by molar-refractivity contribution is 6.03. The summed E-state index contributed by atoms with van der Waals surface area (Å²) in [7, 11) is 0. The fourth-order valence-electron chi connectivity index (χ4n) is 2.71. The second kappa shape index (κ2) is 7.21. The van der Waals surface area contributed by atoms with Gasteiger partial charge in [0.2, 0.25) is 0 Å². The predicted octanol–water partition coefficient (Wildman–Crippen LogP) is 3.89. The molecule has 6 nitrogen and oxygen atoms in total. The highest BCUT2D eigenvalue weighted by Crippen LogP contribution is 2.24. The Balaban J connectivity index is 1.72. The maximum Gasteiger partial charge on any atom is 0.277 e. The Morgan fingerprint density at radius 2 is 1.78 bits per heavy atom. The van der Waals surface area contributed by atoms with Crippen LogP contribution in [0.15, 0.2) is 79.3 Å². The van der Waals surface area contributed by atoms with Crippen molar-refractivity contribution in [2.24, 2.45) is 0 Å². The van der Waals surface area contributed by atoms with Gasteiger partial charge in [-0.05, 0) is 48.9 Å². The Morgan fingerprint density at radius 3 is 2.48 bits per heavy atom. The Labute approximate surface area is 156 Å². The number of aryl methyl sites for hydroxylation is 1. The molecule has 0 unspecified atom stereocenters. The number of anilines is 1. The minimum Gasteiger partial charge on any atom is -0.305 e. The summed E-state index contributed by atoms with van der Waals surface area (Å²) < 4.78 is 1.76. The van der Waals surface area contributed by atoms with E-state index in [1.54, 1.807) is 35.4 Å². The van der Waals surface area contributed by atoms with Crippen LogP contribution in [-0.4, -0.2) is 25.7 Å². The zero-order chi connectivity index (χ0) is 18.6. The first-order valence-corrected chi connectivity index (χ1v) is 8.50. The molecule has 0 atom stereocenters. The fraction of sp³-hybridized carbons (Fsp3) is 0.0476. The zero-order valence-corrected chi connectivity index (χ0v) is 14.7. The number of carbonyl (C=O) groups is 1. The van der Waals surface area contributed by atoms with Gasteiger partial charge in [-0.2, -0.15) is 5.10 Å². The molecule has 0 aliphatic carbocycles. The number of amides is 1. The number of carbonyl (C=O) groups excluding carboxylic acids is 1. The SMILES string of the molecule is Cc1ccc(NC(=O)c2cc(-c3ccncc3)n(-c3ccccc3)n2)nc1. The van der Waals surface area contributed by atoms with Crippen LogP contribution in [0, 0.1) is 6.92 Å². The minimum absolute atomic E-state index is 0.309. The van der Waals surface area contributed by atoms with Crippen LogP contribution in [0.25, 0.3) is 16.9 Å². The van der Waals surface area contributed by atoms with Crippen LogP contribution in [0.1, 0.15) is 16.1 Å². The van der Waals surface area contributed by atoms with Crippen LogP contribution in [0.4, 0.5) is 5.82 Å². The second-order valence-electron chi connectivity index (χ2n) is 6.07. The van der Waals surface area contributed by atoms with Crippen molar-refractivity contribution >= 4 is 11.7 Å². The molecule has 6 heteroatoms. The number of hydrogen-bond acceptors (Lipinski definition) is 4. The third-order valence-corrected chi connectivity index (χ3v) is 4.07. The van der Waals surface area contributed by atoms with E-state index in [1.165, 1.54) is 0 Å². The first-order valence-electron chi connectivity index (χ1n) is 8.50. The normalized spacial score (nSPS) is 10.6. The Bertz CT molecular complexity index is 1000. The summed E-state index contributed by atoms with van der Waals surface area (Å²) in [6.07, 6.45) is 5.14. The van der Waals surface area contributed by atoms with Gasteiger partial charge in [0, 0.05) is 24.2 Å². The summed E-state index contributed by atoms with van der Waals surface area (Å²) in [4.78, 5) is 21.0. The number of pyridine rings is 2. The molecule has 27 heavy (non-hydrogen) atoms. The van der Waals surface area contributed by atoms with Crippen LogP contribution in [-0.2, 0) is 0 Å². The van der Waals surface area contributed by atoms with Gasteiger partial charge >= 0.3 is 0 Å². The largest absolute Gasteiger partial charge is 0.305 e. The van der Waals surface area contributed by atoms with E-state index >= 15 is 0 Å². The van der Waals surface area contributed by atoms with E-state index in [0.29, 0.717) is 11.5 Å². The van der Waals surface area contributed by atoms with E-state index in [-0.39, 0.29) is 5.91 Å². The third-order valence-electron chi connectivity index (χ3n) is 4.07. The van der Waals surface area contributed by atoms with Crippen molar-refractivity contribution in [3.8, 4) is 16.9 Å². The molecule has 0 saturated carbocycles. The van der Waals surface area contributed by atoms with E-state index in [4.69, 9.17) is 0 Å². The van der Waals surface area contributed by atoms with Gasteiger partial charge in [0.1, 0.15) is 5.82 Å². The Kier molecular flexibility index (Phi) is 4.45. The number of benzene rings is 1. The lowest BCUT2D eigenvalue weighted by molar-refractivity contribution is 0.102. The summed E-state index contributed by atoms with van der Waals surface area (Å²) >= 11 is 0. The van der Waals surface area contributed by atoms with Gasteiger partial charge in [0.25, 0.3) is 5.91 Å². The van der Waals surface area contributed by atoms with Gasteiger partial charge in [0.15, 0.2) is 5.69 Å². The van der Waals surface area contributed by atoms with Crippen LogP contribution >= 0.6 is 0 Å². The van der Waals surface area contributed by atoms with Gasteiger partial charge < -0.3 is 5.32 Å². The summed E-state index contributed by atoms with van der Waals surface area (Å²) in [5.74, 6) is 0.182. The quantitative estimate of drug-likeness (QED) is 0.603. The molecule has 1 aromatic carbocycles. The van der Waals surface area contributed by atoms with Crippen LogP contribution < -0.4 is 5.32 Å². The molecule has 0 fully saturated rings. The molecular weight excluding hydrogens is 338 g/mol. The first-order chi connectivity index (χ1) is 13.2. The van der Waals surface area contributed by atoms with Crippen molar-refractivity contribution in [1.29, 1.82) is 0 Å². The smallest absolute Gasteiger partial charge is 0.277 e. The minimum atomic E-state index is -0.309. The molecule has 0 spiro atoms. The van der Waals surface area contributed by atoms with Gasteiger partial charge in [-0.15, -0.1) is 0 Å². The Hall–Kier alpha value is -3.80. The molecule has 0 bridgehead atoms. The molecule has 132 valence electrons. The van der Waals surface area contributed by atoms with Gasteiger partial charge in [-0.25, -0.2) is 9.67 Å². The Morgan fingerprint density at radius 1 is 1.00 bits per heavy atom. The topological polar surface area (TPSA) is 72.7 Å². The number of rotatable bonds is 4. The maximum absolute atomic E-state index is 12.7. The van der Waals surface area contributed by atoms with E-state index in [0.717, 1.165) is 22.5 Å². The van der Waals surface area contributed by atoms with Crippen molar-refractivity contribution in [2.45, 2.75) is 6.92 Å². The highest BCUT2D eigenvalue weighted by atomic mass is 16.2. The van der Waals surface area contributed by atoms with Crippen LogP contribution in [0.2, 0.25) is 0 Å². The number of nitrogens with zero attached hydrogens (tertiary/aromatic N) is 4. The molecule has 3 heterocycles. The molecule has 0 aliphatic heterocycles. The average Bonchev–Trinajstić information content (AvgIpc) is 3.17. The molecule has 0 aliphatic rings. The van der Waals surface area contributed by atoms with Gasteiger partial charge in [-0.1, -0.05) is 24.3 Å². The standard InChI is InChI=1S/C21H17N5O/c1-15-7-8-20(23-14-15)24-21(27)18-13-19(16-9-11-22-12-10-16)26(25-18)17-5-3-2-4-6-17/h2-14H,1H3,(H,23,24,27). The molecule has 1 N–H and O–H groups in total. The molecule has 4 aromatic rings. The van der Waals surface area contributed by atoms with Gasteiger partial charge in [-0.3, -0.25) is 9.78 Å². The van der Waals surface area contributed by atoms with Crippen molar-refractivity contribution in [3.63, 3.8) is 0 Å². The number of para-hydroxylation sites is 1. The van der Waals surface area contributed by atoms with Crippen molar-refractivity contribution in [2.75, 3.05) is 5.32 Å². The molecule has 0 saturated heterocycles. The third kappa shape index (κ3) is 3.59. The molecule has 0 radical (unpaired) electrons. The van der Waals surface area contributed by atoms with Crippen molar-refractivity contribution < 1.29 is 4.79 Å². The molecule has 3 aromatic heterocycles. The monoisotopic (exact) mass is 355 g/mol. The lowest BCUT2D eigenvalue weighted by Gasteiger charge is -2.06. The second-order valence-corrected chi connectivity index (χ2v) is 6.07. The number of aromatic nitrogens is 4. The summed E-state index contributed by atoms with van der Waals surface area (Å²) in [5.41, 5.74) is 3.95. The zero-order valence-electron chi connectivity index (χ0n) is 14.7. The summed E-state index contributed by atoms with van der Waals surface area (Å²) in [6.45, 7) is 1.95. The van der Waals surface area contributed by atoms with E-state index in [1.807, 2.05) is 55.5 Å². The lowest BCUT2D eigenvalue weighted by Crippen LogP contribution is -2.14.